The van der Waals surface area contributed by atoms with Crippen molar-refractivity contribution < 1.29 is 14.7 Å². The summed E-state index contributed by atoms with van der Waals surface area (Å²) in [4.78, 5) is 22.7. The van der Waals surface area contributed by atoms with E-state index in [1.165, 1.54) is 0 Å². The standard InChI is InChI=1S/C15H23N3O3/c1-2-3-11(8-9-19)10-17-14(20)12-4-6-13(7-5-12)18-15(16)21/h4-7,11,19H,2-3,8-10H2,1H3,(H,17,20)(H3,16,18,21). The second-order valence-corrected chi connectivity index (χ2v) is 4.94. The summed E-state index contributed by atoms with van der Waals surface area (Å²) < 4.78 is 0. The molecule has 0 bridgehead atoms. The van der Waals surface area contributed by atoms with Gasteiger partial charge in [-0.2, -0.15) is 0 Å². The lowest BCUT2D eigenvalue weighted by molar-refractivity contribution is 0.0943. The Balaban J connectivity index is 2.52. The molecule has 0 aliphatic heterocycles. The van der Waals surface area contributed by atoms with Crippen molar-refractivity contribution in [2.45, 2.75) is 26.2 Å². The first-order chi connectivity index (χ1) is 10.1. The number of urea groups is 1. The molecule has 5 N–H and O–H groups in total. The van der Waals surface area contributed by atoms with Crippen LogP contribution < -0.4 is 16.4 Å². The molecule has 0 fully saturated rings. The van der Waals surface area contributed by atoms with Crippen LogP contribution in [0.15, 0.2) is 24.3 Å². The number of amides is 3. The lowest BCUT2D eigenvalue weighted by Gasteiger charge is -2.15. The zero-order valence-corrected chi connectivity index (χ0v) is 12.3. The summed E-state index contributed by atoms with van der Waals surface area (Å²) in [7, 11) is 0. The van der Waals surface area contributed by atoms with Gasteiger partial charge in [0.15, 0.2) is 0 Å². The molecule has 1 unspecified atom stereocenters. The molecule has 1 rings (SSSR count). The first-order valence-corrected chi connectivity index (χ1v) is 7.12. The van der Waals surface area contributed by atoms with E-state index in [4.69, 9.17) is 10.8 Å². The largest absolute Gasteiger partial charge is 0.396 e. The molecule has 0 aromatic heterocycles. The number of anilines is 1. The summed E-state index contributed by atoms with van der Waals surface area (Å²) in [5.74, 6) is 0.124. The molecule has 0 saturated carbocycles. The van der Waals surface area contributed by atoms with Crippen LogP contribution in [0.5, 0.6) is 0 Å². The molecule has 0 radical (unpaired) electrons. The third-order valence-corrected chi connectivity index (χ3v) is 3.20. The summed E-state index contributed by atoms with van der Waals surface area (Å²) in [5, 5.41) is 14.3. The van der Waals surface area contributed by atoms with E-state index in [1.807, 2.05) is 0 Å². The number of aliphatic hydroxyl groups is 1. The van der Waals surface area contributed by atoms with Crippen molar-refractivity contribution in [3.63, 3.8) is 0 Å². The van der Waals surface area contributed by atoms with Gasteiger partial charge >= 0.3 is 6.03 Å². The molecule has 3 amide bonds. The van der Waals surface area contributed by atoms with Gasteiger partial charge in [0, 0.05) is 24.4 Å². The second kappa shape index (κ2) is 8.97. The van der Waals surface area contributed by atoms with Crippen LogP contribution in [0.4, 0.5) is 10.5 Å². The van der Waals surface area contributed by atoms with Gasteiger partial charge in [-0.15, -0.1) is 0 Å². The highest BCUT2D eigenvalue weighted by Crippen LogP contribution is 2.11. The second-order valence-electron chi connectivity index (χ2n) is 4.94. The fraction of sp³-hybridized carbons (Fsp3) is 0.467. The van der Waals surface area contributed by atoms with E-state index < -0.39 is 6.03 Å². The van der Waals surface area contributed by atoms with Crippen LogP contribution in [0.2, 0.25) is 0 Å². The van der Waals surface area contributed by atoms with Crippen molar-refractivity contribution in [3.05, 3.63) is 29.8 Å². The van der Waals surface area contributed by atoms with Crippen molar-refractivity contribution in [2.24, 2.45) is 11.7 Å². The molecule has 21 heavy (non-hydrogen) atoms. The monoisotopic (exact) mass is 293 g/mol. The maximum atomic E-state index is 12.0. The van der Waals surface area contributed by atoms with Gasteiger partial charge in [0.2, 0.25) is 0 Å². The van der Waals surface area contributed by atoms with Crippen molar-refractivity contribution in [1.29, 1.82) is 0 Å². The number of aliphatic hydroxyl groups excluding tert-OH is 1. The van der Waals surface area contributed by atoms with E-state index >= 15 is 0 Å². The maximum Gasteiger partial charge on any atom is 0.316 e. The quantitative estimate of drug-likeness (QED) is 0.586. The normalized spacial score (nSPS) is 11.7. The van der Waals surface area contributed by atoms with Crippen LogP contribution in [0.3, 0.4) is 0 Å². The van der Waals surface area contributed by atoms with Crippen molar-refractivity contribution in [3.8, 4) is 0 Å². The van der Waals surface area contributed by atoms with Crippen molar-refractivity contribution in [2.75, 3.05) is 18.5 Å². The number of hydrogen-bond acceptors (Lipinski definition) is 3. The number of nitrogens with one attached hydrogen (secondary N) is 2. The van der Waals surface area contributed by atoms with Gasteiger partial charge in [0.05, 0.1) is 0 Å². The summed E-state index contributed by atoms with van der Waals surface area (Å²) in [6, 6.07) is 5.86. The van der Waals surface area contributed by atoms with Gasteiger partial charge in [-0.05, 0) is 43.0 Å². The molecular weight excluding hydrogens is 270 g/mol. The Morgan fingerprint density at radius 1 is 1.24 bits per heavy atom. The van der Waals surface area contributed by atoms with E-state index in [9.17, 15) is 9.59 Å². The van der Waals surface area contributed by atoms with E-state index in [-0.39, 0.29) is 12.5 Å². The lowest BCUT2D eigenvalue weighted by atomic mass is 10.00. The predicted octanol–water partition coefficient (Wildman–Crippen LogP) is 1.71. The Morgan fingerprint density at radius 2 is 1.90 bits per heavy atom. The Labute approximate surface area is 124 Å². The molecule has 116 valence electrons. The molecule has 6 nitrogen and oxygen atoms in total. The minimum Gasteiger partial charge on any atom is -0.396 e. The zero-order valence-electron chi connectivity index (χ0n) is 12.3. The van der Waals surface area contributed by atoms with E-state index in [0.717, 1.165) is 12.8 Å². The van der Waals surface area contributed by atoms with Gasteiger partial charge in [-0.1, -0.05) is 13.3 Å². The average Bonchev–Trinajstić information content (AvgIpc) is 2.45. The molecule has 6 heteroatoms. The Kier molecular flexibility index (Phi) is 7.25. The first kappa shape index (κ1) is 17.0. The number of primary amides is 1. The van der Waals surface area contributed by atoms with E-state index in [2.05, 4.69) is 17.6 Å². The minimum atomic E-state index is -0.640. The fourth-order valence-corrected chi connectivity index (χ4v) is 2.13. The fourth-order valence-electron chi connectivity index (χ4n) is 2.13. The van der Waals surface area contributed by atoms with Gasteiger partial charge in [0.25, 0.3) is 5.91 Å². The molecule has 0 aliphatic rings. The Hall–Kier alpha value is -2.08. The van der Waals surface area contributed by atoms with E-state index in [0.29, 0.717) is 30.1 Å². The minimum absolute atomic E-state index is 0.133. The lowest BCUT2D eigenvalue weighted by Crippen LogP contribution is -2.29. The molecule has 0 heterocycles. The van der Waals surface area contributed by atoms with E-state index in [1.54, 1.807) is 24.3 Å². The van der Waals surface area contributed by atoms with Gasteiger partial charge < -0.3 is 21.5 Å². The van der Waals surface area contributed by atoms with Gasteiger partial charge in [-0.25, -0.2) is 4.79 Å². The summed E-state index contributed by atoms with van der Waals surface area (Å²) in [5.41, 5.74) is 6.07. The summed E-state index contributed by atoms with van der Waals surface area (Å²) >= 11 is 0. The van der Waals surface area contributed by atoms with Crippen molar-refractivity contribution in [1.82, 2.24) is 5.32 Å². The van der Waals surface area contributed by atoms with Gasteiger partial charge in [-0.3, -0.25) is 4.79 Å². The zero-order chi connectivity index (χ0) is 15.7. The van der Waals surface area contributed by atoms with Crippen LogP contribution in [-0.2, 0) is 0 Å². The number of carbonyl (C=O) groups excluding carboxylic acids is 2. The van der Waals surface area contributed by atoms with Gasteiger partial charge in [0.1, 0.15) is 0 Å². The average molecular weight is 293 g/mol. The highest BCUT2D eigenvalue weighted by molar-refractivity contribution is 5.95. The van der Waals surface area contributed by atoms with Crippen LogP contribution >= 0.6 is 0 Å². The maximum absolute atomic E-state index is 12.0. The van der Waals surface area contributed by atoms with Crippen LogP contribution in [0.25, 0.3) is 0 Å². The van der Waals surface area contributed by atoms with Crippen LogP contribution in [0.1, 0.15) is 36.5 Å². The number of benzene rings is 1. The predicted molar refractivity (Wildman–Crippen MR) is 82.1 cm³/mol. The third-order valence-electron chi connectivity index (χ3n) is 3.20. The Morgan fingerprint density at radius 3 is 2.43 bits per heavy atom. The first-order valence-electron chi connectivity index (χ1n) is 7.12. The topological polar surface area (TPSA) is 104 Å². The van der Waals surface area contributed by atoms with Crippen LogP contribution in [0, 0.1) is 5.92 Å². The number of carbonyl (C=O) groups is 2. The molecule has 0 spiro atoms. The molecular formula is C15H23N3O3. The molecule has 0 aliphatic carbocycles. The molecule has 1 aromatic rings. The summed E-state index contributed by atoms with van der Waals surface area (Å²) in [6.45, 7) is 2.76. The van der Waals surface area contributed by atoms with Crippen molar-refractivity contribution >= 4 is 17.6 Å². The molecule has 0 saturated heterocycles. The number of hydrogen-bond donors (Lipinski definition) is 4. The molecule has 1 atom stereocenters. The highest BCUT2D eigenvalue weighted by atomic mass is 16.3. The smallest absolute Gasteiger partial charge is 0.316 e. The number of nitrogens with two attached hydrogens (primary N) is 1. The SMILES string of the molecule is CCCC(CCO)CNC(=O)c1ccc(NC(N)=O)cc1. The Bertz CT molecular complexity index is 454. The highest BCUT2D eigenvalue weighted by Gasteiger charge is 2.10. The third kappa shape index (κ3) is 6.27. The number of rotatable bonds is 8. The van der Waals surface area contributed by atoms with Crippen LogP contribution in [-0.4, -0.2) is 30.2 Å². The molecule has 1 aromatic carbocycles. The summed E-state index contributed by atoms with van der Waals surface area (Å²) in [6.07, 6.45) is 2.69.